The highest BCUT2D eigenvalue weighted by Gasteiger charge is 2.49. The zero-order chi connectivity index (χ0) is 24.9. The van der Waals surface area contributed by atoms with Crippen LogP contribution in [0.4, 0.5) is 0 Å². The Kier molecular flexibility index (Phi) is 5.47. The van der Waals surface area contributed by atoms with Crippen molar-refractivity contribution in [2.24, 2.45) is 0 Å². The molecule has 6 rings (SSSR count). The van der Waals surface area contributed by atoms with Gasteiger partial charge in [0, 0.05) is 16.7 Å². The third-order valence-electron chi connectivity index (χ3n) is 7.25. The normalized spacial score (nSPS) is 19.6. The number of carbonyl (C=O) groups is 2. The molecule has 0 fully saturated rings. The van der Waals surface area contributed by atoms with E-state index < -0.39 is 32.4 Å². The Morgan fingerprint density at radius 2 is 1.22 bits per heavy atom. The second-order valence-electron chi connectivity index (χ2n) is 9.84. The molecular weight excluding hydrogens is 464 g/mol. The number of hydrogen-bond donors (Lipinski definition) is 0. The molecule has 1 aliphatic heterocycles. The molecule has 0 radical (unpaired) electrons. The maximum Gasteiger partial charge on any atom is 0.336 e. The molecule has 5 heteroatoms. The molecule has 0 saturated carbocycles. The maximum absolute atomic E-state index is 13.9. The smallest absolute Gasteiger partial charge is 0.336 e. The molecule has 0 spiro atoms. The van der Waals surface area contributed by atoms with Crippen molar-refractivity contribution < 1.29 is 18.8 Å². The van der Waals surface area contributed by atoms with E-state index in [4.69, 9.17) is 9.16 Å². The Morgan fingerprint density at radius 3 is 1.86 bits per heavy atom. The lowest BCUT2D eigenvalue weighted by molar-refractivity contribution is -0.157. The highest BCUT2D eigenvalue weighted by Crippen LogP contribution is 2.46. The summed E-state index contributed by atoms with van der Waals surface area (Å²) in [6.45, 7) is 4.13. The maximum atomic E-state index is 13.9. The lowest BCUT2D eigenvalue weighted by Crippen LogP contribution is -2.58. The lowest BCUT2D eigenvalue weighted by atomic mass is 9.85. The van der Waals surface area contributed by atoms with Gasteiger partial charge in [0.2, 0.25) is 8.32 Å². The van der Waals surface area contributed by atoms with Crippen LogP contribution in [0.15, 0.2) is 103 Å². The van der Waals surface area contributed by atoms with Crippen molar-refractivity contribution in [3.63, 3.8) is 0 Å². The van der Waals surface area contributed by atoms with Crippen LogP contribution in [-0.2, 0) is 14.0 Å². The quantitative estimate of drug-likeness (QED) is 0.207. The van der Waals surface area contributed by atoms with Gasteiger partial charge in [-0.25, -0.2) is 4.79 Å². The van der Waals surface area contributed by atoms with Crippen LogP contribution in [-0.4, -0.2) is 26.2 Å². The van der Waals surface area contributed by atoms with Crippen LogP contribution in [0.5, 0.6) is 0 Å². The fourth-order valence-corrected chi connectivity index (χ4v) is 8.02. The number of rotatable bonds is 4. The van der Waals surface area contributed by atoms with Crippen molar-refractivity contribution in [3.05, 3.63) is 125 Å². The van der Waals surface area contributed by atoms with Crippen LogP contribution in [0, 0.1) is 0 Å². The first kappa shape index (κ1) is 22.6. The Balaban J connectivity index is 1.42. The van der Waals surface area contributed by atoms with E-state index in [1.54, 1.807) is 12.1 Å². The summed E-state index contributed by atoms with van der Waals surface area (Å²) in [5.74, 6) is -1.42. The Morgan fingerprint density at radius 1 is 0.694 bits per heavy atom. The minimum atomic E-state index is -2.48. The standard InChI is InChI=1S/C31H26O4Si/c1-36(2)26-19-11-10-18-25(26)27(28(32)20-12-4-3-5-13-20)30(35-36)31(33)34-29-23-16-8-6-14-21(23)22-15-7-9-17-24(22)29/h3-19,27,29-30H,1-2H3/t27-,30+/m1/s1. The van der Waals surface area contributed by atoms with Gasteiger partial charge in [0.05, 0.1) is 5.92 Å². The fraction of sp³-hybridized carbons (Fsp3) is 0.161. The minimum Gasteiger partial charge on any atom is -0.451 e. The summed E-state index contributed by atoms with van der Waals surface area (Å²) in [4.78, 5) is 27.8. The molecule has 0 aromatic heterocycles. The first-order valence-corrected chi connectivity index (χ1v) is 15.1. The molecule has 1 heterocycles. The third-order valence-corrected chi connectivity index (χ3v) is 9.85. The van der Waals surface area contributed by atoms with Crippen molar-refractivity contribution in [2.75, 3.05) is 0 Å². The van der Waals surface area contributed by atoms with E-state index in [-0.39, 0.29) is 5.78 Å². The highest BCUT2D eigenvalue weighted by atomic mass is 28.4. The predicted octanol–water partition coefficient (Wildman–Crippen LogP) is 5.78. The summed E-state index contributed by atoms with van der Waals surface area (Å²) < 4.78 is 12.8. The minimum absolute atomic E-state index is 0.137. The molecule has 178 valence electrons. The number of esters is 1. The van der Waals surface area contributed by atoms with E-state index >= 15 is 0 Å². The summed E-state index contributed by atoms with van der Waals surface area (Å²) in [6, 6.07) is 33.0. The third kappa shape index (κ3) is 3.63. The summed E-state index contributed by atoms with van der Waals surface area (Å²) in [7, 11) is -2.48. The van der Waals surface area contributed by atoms with Crippen LogP contribution in [0.2, 0.25) is 13.1 Å². The average Bonchev–Trinajstić information content (AvgIpc) is 3.22. The number of carbonyl (C=O) groups excluding carboxylic acids is 2. The first-order chi connectivity index (χ1) is 17.5. The molecule has 0 bridgehead atoms. The molecule has 2 atom stereocenters. The zero-order valence-corrected chi connectivity index (χ0v) is 21.2. The van der Waals surface area contributed by atoms with Gasteiger partial charge in [-0.2, -0.15) is 0 Å². The van der Waals surface area contributed by atoms with Gasteiger partial charge in [-0.15, -0.1) is 0 Å². The van der Waals surface area contributed by atoms with Gasteiger partial charge in [-0.1, -0.05) is 103 Å². The summed E-state index contributed by atoms with van der Waals surface area (Å²) in [5.41, 5.74) is 5.44. The number of ether oxygens (including phenoxy) is 1. The SMILES string of the molecule is C[Si]1(C)O[C@H](C(=O)OC2c3ccccc3-c3ccccc32)[C@@H](C(=O)c2ccccc2)c2ccccc21. The van der Waals surface area contributed by atoms with Crippen LogP contribution >= 0.6 is 0 Å². The summed E-state index contributed by atoms with van der Waals surface area (Å²) in [6.07, 6.45) is -1.56. The van der Waals surface area contributed by atoms with Crippen molar-refractivity contribution >= 4 is 25.3 Å². The molecule has 4 aromatic rings. The molecule has 0 saturated heterocycles. The van der Waals surface area contributed by atoms with Crippen LogP contribution < -0.4 is 5.19 Å². The number of benzene rings is 4. The number of ketones is 1. The molecule has 36 heavy (non-hydrogen) atoms. The Bertz CT molecular complexity index is 1430. The number of Topliss-reactive ketones (excluding diaryl/α,β-unsaturated/α-hetero) is 1. The van der Waals surface area contributed by atoms with Crippen molar-refractivity contribution in [1.82, 2.24) is 0 Å². The second kappa shape index (κ2) is 8.70. The van der Waals surface area contributed by atoms with Gasteiger partial charge in [-0.3, -0.25) is 4.79 Å². The van der Waals surface area contributed by atoms with E-state index in [2.05, 4.69) is 13.1 Å². The molecule has 1 aliphatic carbocycles. The summed E-state index contributed by atoms with van der Waals surface area (Å²) in [5, 5.41) is 1.04. The van der Waals surface area contributed by atoms with Gasteiger partial charge < -0.3 is 9.16 Å². The highest BCUT2D eigenvalue weighted by molar-refractivity contribution is 6.85. The predicted molar refractivity (Wildman–Crippen MR) is 142 cm³/mol. The largest absolute Gasteiger partial charge is 0.451 e. The van der Waals surface area contributed by atoms with Crippen LogP contribution in [0.3, 0.4) is 0 Å². The van der Waals surface area contributed by atoms with Crippen LogP contribution in [0.1, 0.15) is 39.1 Å². The fourth-order valence-electron chi connectivity index (χ4n) is 5.59. The second-order valence-corrected chi connectivity index (χ2v) is 13.6. The van der Waals surface area contributed by atoms with E-state index in [1.807, 2.05) is 91.0 Å². The van der Waals surface area contributed by atoms with E-state index in [9.17, 15) is 9.59 Å². The number of hydrogen-bond acceptors (Lipinski definition) is 4. The number of fused-ring (bicyclic) bond motifs is 4. The van der Waals surface area contributed by atoms with Crippen LogP contribution in [0.25, 0.3) is 11.1 Å². The topological polar surface area (TPSA) is 52.6 Å². The van der Waals surface area contributed by atoms with Crippen molar-refractivity contribution in [1.29, 1.82) is 0 Å². The van der Waals surface area contributed by atoms with Gasteiger partial charge in [0.25, 0.3) is 0 Å². The zero-order valence-electron chi connectivity index (χ0n) is 20.2. The van der Waals surface area contributed by atoms with Crippen molar-refractivity contribution in [3.8, 4) is 11.1 Å². The Hall–Kier alpha value is -3.80. The van der Waals surface area contributed by atoms with E-state index in [0.717, 1.165) is 33.0 Å². The molecule has 2 aliphatic rings. The van der Waals surface area contributed by atoms with Gasteiger partial charge >= 0.3 is 5.97 Å². The van der Waals surface area contributed by atoms with E-state index in [1.165, 1.54) is 0 Å². The van der Waals surface area contributed by atoms with Gasteiger partial charge in [-0.05, 0) is 35.0 Å². The monoisotopic (exact) mass is 490 g/mol. The molecular formula is C31H26O4Si. The lowest BCUT2D eigenvalue weighted by Gasteiger charge is -2.40. The first-order valence-electron chi connectivity index (χ1n) is 12.2. The molecule has 0 amide bonds. The van der Waals surface area contributed by atoms with E-state index in [0.29, 0.717) is 5.56 Å². The van der Waals surface area contributed by atoms with Gasteiger partial charge in [0.15, 0.2) is 18.0 Å². The molecule has 0 N–H and O–H groups in total. The average molecular weight is 491 g/mol. The van der Waals surface area contributed by atoms with Crippen molar-refractivity contribution in [2.45, 2.75) is 31.2 Å². The molecule has 4 nitrogen and oxygen atoms in total. The van der Waals surface area contributed by atoms with Gasteiger partial charge in [0.1, 0.15) is 0 Å². The Labute approximate surface area is 211 Å². The molecule has 4 aromatic carbocycles. The molecule has 0 unspecified atom stereocenters. The summed E-state index contributed by atoms with van der Waals surface area (Å²) >= 11 is 0.